The number of aromatic amines is 1. The van der Waals surface area contributed by atoms with Crippen molar-refractivity contribution in [3.63, 3.8) is 0 Å². The van der Waals surface area contributed by atoms with Crippen LogP contribution in [0.2, 0.25) is 0 Å². The lowest BCUT2D eigenvalue weighted by Crippen LogP contribution is -2.48. The minimum absolute atomic E-state index is 0.399. The van der Waals surface area contributed by atoms with Gasteiger partial charge in [-0.15, -0.1) is 0 Å². The van der Waals surface area contributed by atoms with Crippen molar-refractivity contribution in [3.05, 3.63) is 42.0 Å². The number of hydrogen-bond donors (Lipinski definition) is 1. The Bertz CT molecular complexity index is 662. The highest BCUT2D eigenvalue weighted by Crippen LogP contribution is 2.29. The summed E-state index contributed by atoms with van der Waals surface area (Å²) < 4.78 is 0. The van der Waals surface area contributed by atoms with Crippen LogP contribution in [0.5, 0.6) is 0 Å². The van der Waals surface area contributed by atoms with E-state index in [2.05, 4.69) is 60.2 Å². The summed E-state index contributed by atoms with van der Waals surface area (Å²) in [5.74, 6) is 1.89. The summed E-state index contributed by atoms with van der Waals surface area (Å²) in [6, 6.07) is 11.2. The number of para-hydroxylation sites is 1. The summed E-state index contributed by atoms with van der Waals surface area (Å²) in [6.45, 7) is 9.93. The fraction of sp³-hybridized carbons (Fsp3) is 0.579. The zero-order valence-corrected chi connectivity index (χ0v) is 15.1. The second kappa shape index (κ2) is 7.54. The van der Waals surface area contributed by atoms with Crippen molar-refractivity contribution in [2.24, 2.45) is 0 Å². The maximum atomic E-state index is 4.55. The Balaban J connectivity index is 1.26. The lowest BCUT2D eigenvalue weighted by atomic mass is 10.2. The SMILES string of the molecule is Cc1nc([C@H]2CCCN2CCN2CCN(c3ccccc3)CC2)n[nH]1. The van der Waals surface area contributed by atoms with Crippen LogP contribution in [-0.4, -0.2) is 70.8 Å². The van der Waals surface area contributed by atoms with Crippen LogP contribution in [0.25, 0.3) is 0 Å². The number of H-pyrrole nitrogens is 1. The van der Waals surface area contributed by atoms with Gasteiger partial charge >= 0.3 is 0 Å². The molecule has 2 aliphatic heterocycles. The zero-order valence-electron chi connectivity index (χ0n) is 15.1. The van der Waals surface area contributed by atoms with Gasteiger partial charge in [0.25, 0.3) is 0 Å². The summed E-state index contributed by atoms with van der Waals surface area (Å²) in [4.78, 5) is 12.2. The molecule has 0 spiro atoms. The molecule has 1 atom stereocenters. The number of likely N-dealkylation sites (tertiary alicyclic amines) is 1. The van der Waals surface area contributed by atoms with Crippen LogP contribution < -0.4 is 4.90 Å². The molecule has 1 N–H and O–H groups in total. The van der Waals surface area contributed by atoms with E-state index in [9.17, 15) is 0 Å². The normalized spacial score (nSPS) is 22.6. The molecule has 0 unspecified atom stereocenters. The molecule has 2 aromatic rings. The first-order valence-corrected chi connectivity index (χ1v) is 9.45. The number of hydrogen-bond acceptors (Lipinski definition) is 5. The summed E-state index contributed by atoms with van der Waals surface area (Å²) >= 11 is 0. The van der Waals surface area contributed by atoms with Crippen LogP contribution in [-0.2, 0) is 0 Å². The fourth-order valence-electron chi connectivity index (χ4n) is 4.03. The van der Waals surface area contributed by atoms with Crippen molar-refractivity contribution >= 4 is 5.69 Å². The van der Waals surface area contributed by atoms with E-state index in [1.165, 1.54) is 25.1 Å². The van der Waals surface area contributed by atoms with Gasteiger partial charge in [0.1, 0.15) is 5.82 Å². The average Bonchev–Trinajstić information content (AvgIpc) is 3.29. The topological polar surface area (TPSA) is 51.3 Å². The van der Waals surface area contributed by atoms with Crippen LogP contribution in [0.15, 0.2) is 30.3 Å². The standard InChI is InChI=1S/C19H28N6/c1-16-20-19(22-21-16)18-8-5-9-25(18)15-12-23-10-13-24(14-11-23)17-6-3-2-4-7-17/h2-4,6-7,18H,5,8-15H2,1H3,(H,20,21,22)/t18-/m1/s1. The molecule has 1 aromatic heterocycles. The van der Waals surface area contributed by atoms with Gasteiger partial charge in [0.15, 0.2) is 5.82 Å². The molecule has 6 heteroatoms. The molecule has 2 saturated heterocycles. The van der Waals surface area contributed by atoms with Crippen molar-refractivity contribution in [2.75, 3.05) is 50.7 Å². The Morgan fingerprint density at radius 2 is 1.84 bits per heavy atom. The number of nitrogens with zero attached hydrogens (tertiary/aromatic N) is 5. The zero-order chi connectivity index (χ0) is 17.1. The molecule has 0 bridgehead atoms. The lowest BCUT2D eigenvalue weighted by molar-refractivity contribution is 0.184. The molecule has 1 aromatic carbocycles. The molecule has 0 aliphatic carbocycles. The second-order valence-corrected chi connectivity index (χ2v) is 7.14. The van der Waals surface area contributed by atoms with E-state index in [4.69, 9.17) is 0 Å². The van der Waals surface area contributed by atoms with Crippen molar-refractivity contribution in [2.45, 2.75) is 25.8 Å². The smallest absolute Gasteiger partial charge is 0.167 e. The first-order chi connectivity index (χ1) is 12.3. The van der Waals surface area contributed by atoms with E-state index in [1.54, 1.807) is 0 Å². The van der Waals surface area contributed by atoms with Crippen molar-refractivity contribution in [1.82, 2.24) is 25.0 Å². The first kappa shape index (κ1) is 16.5. The summed E-state index contributed by atoms with van der Waals surface area (Å²) in [6.07, 6.45) is 2.43. The molecule has 0 saturated carbocycles. The van der Waals surface area contributed by atoms with E-state index in [-0.39, 0.29) is 0 Å². The molecule has 6 nitrogen and oxygen atoms in total. The molecule has 0 amide bonds. The lowest BCUT2D eigenvalue weighted by Gasteiger charge is -2.37. The highest BCUT2D eigenvalue weighted by atomic mass is 15.3. The molecule has 0 radical (unpaired) electrons. The van der Waals surface area contributed by atoms with E-state index < -0.39 is 0 Å². The van der Waals surface area contributed by atoms with Gasteiger partial charge in [-0.05, 0) is 38.4 Å². The number of rotatable bonds is 5. The molecule has 2 fully saturated rings. The second-order valence-electron chi connectivity index (χ2n) is 7.14. The maximum absolute atomic E-state index is 4.55. The van der Waals surface area contributed by atoms with Gasteiger partial charge in [0.2, 0.25) is 0 Å². The Labute approximate surface area is 149 Å². The summed E-state index contributed by atoms with van der Waals surface area (Å²) in [5.41, 5.74) is 1.35. The minimum Gasteiger partial charge on any atom is -0.369 e. The quantitative estimate of drug-likeness (QED) is 0.903. The highest BCUT2D eigenvalue weighted by molar-refractivity contribution is 5.46. The van der Waals surface area contributed by atoms with Gasteiger partial charge in [-0.25, -0.2) is 4.98 Å². The third-order valence-electron chi connectivity index (χ3n) is 5.47. The monoisotopic (exact) mass is 340 g/mol. The van der Waals surface area contributed by atoms with Crippen molar-refractivity contribution < 1.29 is 0 Å². The van der Waals surface area contributed by atoms with Crippen LogP contribution >= 0.6 is 0 Å². The van der Waals surface area contributed by atoms with Gasteiger partial charge in [-0.1, -0.05) is 18.2 Å². The number of benzene rings is 1. The van der Waals surface area contributed by atoms with Gasteiger partial charge in [-0.2, -0.15) is 5.10 Å². The maximum Gasteiger partial charge on any atom is 0.167 e. The average molecular weight is 340 g/mol. The van der Waals surface area contributed by atoms with E-state index in [0.29, 0.717) is 6.04 Å². The molecular weight excluding hydrogens is 312 g/mol. The van der Waals surface area contributed by atoms with Gasteiger partial charge in [0, 0.05) is 45.0 Å². The van der Waals surface area contributed by atoms with Gasteiger partial charge < -0.3 is 4.90 Å². The van der Waals surface area contributed by atoms with Crippen LogP contribution in [0.4, 0.5) is 5.69 Å². The molecule has 25 heavy (non-hydrogen) atoms. The van der Waals surface area contributed by atoms with Crippen LogP contribution in [0, 0.1) is 6.92 Å². The Morgan fingerprint density at radius 1 is 1.04 bits per heavy atom. The Morgan fingerprint density at radius 3 is 2.56 bits per heavy atom. The van der Waals surface area contributed by atoms with Crippen LogP contribution in [0.3, 0.4) is 0 Å². The Hall–Kier alpha value is -1.92. The predicted molar refractivity (Wildman–Crippen MR) is 99.8 cm³/mol. The number of piperazine rings is 1. The summed E-state index contributed by atoms with van der Waals surface area (Å²) in [7, 11) is 0. The van der Waals surface area contributed by atoms with E-state index in [0.717, 1.165) is 50.9 Å². The van der Waals surface area contributed by atoms with Crippen LogP contribution in [0.1, 0.15) is 30.5 Å². The first-order valence-electron chi connectivity index (χ1n) is 9.45. The number of aryl methyl sites for hydroxylation is 1. The number of nitrogens with one attached hydrogen (secondary N) is 1. The highest BCUT2D eigenvalue weighted by Gasteiger charge is 2.29. The van der Waals surface area contributed by atoms with E-state index in [1.807, 2.05) is 6.92 Å². The third kappa shape index (κ3) is 3.85. The molecule has 2 aliphatic rings. The van der Waals surface area contributed by atoms with E-state index >= 15 is 0 Å². The third-order valence-corrected chi connectivity index (χ3v) is 5.47. The molecule has 3 heterocycles. The summed E-state index contributed by atoms with van der Waals surface area (Å²) in [5, 5.41) is 7.38. The molecular formula is C19H28N6. The molecule has 134 valence electrons. The predicted octanol–water partition coefficient (Wildman–Crippen LogP) is 2.07. The van der Waals surface area contributed by atoms with Gasteiger partial charge in [0.05, 0.1) is 6.04 Å². The number of aromatic nitrogens is 3. The number of anilines is 1. The Kier molecular flexibility index (Phi) is 4.99. The fourth-order valence-corrected chi connectivity index (χ4v) is 4.03. The van der Waals surface area contributed by atoms with Gasteiger partial charge in [-0.3, -0.25) is 14.9 Å². The molecule has 4 rings (SSSR count). The van der Waals surface area contributed by atoms with Crippen molar-refractivity contribution in [3.8, 4) is 0 Å². The largest absolute Gasteiger partial charge is 0.369 e. The van der Waals surface area contributed by atoms with Crippen molar-refractivity contribution in [1.29, 1.82) is 0 Å². The minimum atomic E-state index is 0.399.